The topological polar surface area (TPSA) is 61.3 Å². The van der Waals surface area contributed by atoms with Gasteiger partial charge in [0.2, 0.25) is 0 Å². The lowest BCUT2D eigenvalue weighted by molar-refractivity contribution is -0.135. The van der Waals surface area contributed by atoms with Gasteiger partial charge in [0.05, 0.1) is 5.92 Å². The molecule has 3 aromatic rings. The van der Waals surface area contributed by atoms with Crippen molar-refractivity contribution in [3.8, 4) is 17.4 Å². The second kappa shape index (κ2) is 8.21. The molecule has 0 aliphatic heterocycles. The number of para-hydroxylation sites is 1. The molecule has 1 saturated carbocycles. The van der Waals surface area contributed by atoms with Gasteiger partial charge >= 0.3 is 5.97 Å². The number of carbonyl (C=O) groups excluding carboxylic acids is 1. The van der Waals surface area contributed by atoms with E-state index in [2.05, 4.69) is 16.3 Å². The fraction of sp³-hybridized carbons (Fsp3) is 0.261. The van der Waals surface area contributed by atoms with Crippen LogP contribution in [0.5, 0.6) is 17.4 Å². The number of aromatic nitrogens is 2. The second-order valence-corrected chi connectivity index (χ2v) is 7.65. The molecular weight excluding hydrogens is 388 g/mol. The van der Waals surface area contributed by atoms with Crippen LogP contribution in [0.15, 0.2) is 54.6 Å². The summed E-state index contributed by atoms with van der Waals surface area (Å²) in [6, 6.07) is 17.0. The van der Waals surface area contributed by atoms with Gasteiger partial charge in [0, 0.05) is 6.07 Å². The Morgan fingerprint density at radius 2 is 1.86 bits per heavy atom. The van der Waals surface area contributed by atoms with Crippen LogP contribution in [0.4, 0.5) is 0 Å². The molecule has 29 heavy (non-hydrogen) atoms. The predicted molar refractivity (Wildman–Crippen MR) is 111 cm³/mol. The summed E-state index contributed by atoms with van der Waals surface area (Å²) in [5.41, 5.74) is 2.99. The van der Waals surface area contributed by atoms with Crippen molar-refractivity contribution < 1.29 is 14.3 Å². The van der Waals surface area contributed by atoms with Crippen LogP contribution < -0.4 is 9.47 Å². The van der Waals surface area contributed by atoms with Crippen molar-refractivity contribution in [2.24, 2.45) is 0 Å². The molecule has 1 aliphatic carbocycles. The molecule has 0 bridgehead atoms. The second-order valence-electron chi connectivity index (χ2n) is 7.26. The summed E-state index contributed by atoms with van der Waals surface area (Å²) in [5.74, 6) is 0.644. The van der Waals surface area contributed by atoms with Crippen LogP contribution in [-0.2, 0) is 4.79 Å². The largest absolute Gasteiger partial charge is 0.434 e. The number of hydrogen-bond acceptors (Lipinski definition) is 5. The van der Waals surface area contributed by atoms with Gasteiger partial charge in [-0.1, -0.05) is 60.1 Å². The Hall–Kier alpha value is -2.92. The van der Waals surface area contributed by atoms with E-state index in [1.165, 1.54) is 6.07 Å². The number of esters is 1. The molecule has 4 rings (SSSR count). The van der Waals surface area contributed by atoms with Gasteiger partial charge in [-0.25, -0.2) is 0 Å². The summed E-state index contributed by atoms with van der Waals surface area (Å²) < 4.78 is 11.7. The zero-order valence-electron chi connectivity index (χ0n) is 16.3. The molecule has 0 spiro atoms. The van der Waals surface area contributed by atoms with E-state index in [9.17, 15) is 4.79 Å². The Morgan fingerprint density at radius 1 is 1.10 bits per heavy atom. The molecular formula is C23H21ClN2O3. The molecule has 2 aromatic carbocycles. The minimum atomic E-state index is -0.448. The van der Waals surface area contributed by atoms with Crippen molar-refractivity contribution in [1.29, 1.82) is 0 Å². The number of nitrogens with zero attached hydrogens (tertiary/aromatic N) is 2. The standard InChI is InChI=1S/C23H21ClN2O3/c1-14-7-6-10-18(17-11-12-17)21(14)29-22-19(13-20(24)25-26-22)28-23(27)15(2)16-8-4-3-5-9-16/h3-10,13,15,17H,11-12H2,1-2H3/t15-/m0/s1. The molecule has 1 aromatic heterocycles. The number of halogens is 1. The summed E-state index contributed by atoms with van der Waals surface area (Å²) in [6.07, 6.45) is 2.28. The van der Waals surface area contributed by atoms with Crippen LogP contribution in [0.2, 0.25) is 5.15 Å². The van der Waals surface area contributed by atoms with E-state index in [4.69, 9.17) is 21.1 Å². The number of hydrogen-bond donors (Lipinski definition) is 0. The van der Waals surface area contributed by atoms with Crippen LogP contribution in [0.1, 0.15) is 48.3 Å². The van der Waals surface area contributed by atoms with Gasteiger partial charge in [0.15, 0.2) is 10.9 Å². The van der Waals surface area contributed by atoms with Gasteiger partial charge in [0.1, 0.15) is 5.75 Å². The maximum Gasteiger partial charge on any atom is 0.318 e. The fourth-order valence-corrected chi connectivity index (χ4v) is 3.32. The van der Waals surface area contributed by atoms with E-state index in [0.717, 1.165) is 35.3 Å². The van der Waals surface area contributed by atoms with E-state index in [-0.39, 0.29) is 16.8 Å². The van der Waals surface area contributed by atoms with E-state index >= 15 is 0 Å². The van der Waals surface area contributed by atoms with E-state index < -0.39 is 11.9 Å². The lowest BCUT2D eigenvalue weighted by atomic mass is 10.0. The summed E-state index contributed by atoms with van der Waals surface area (Å²) >= 11 is 6.00. The lowest BCUT2D eigenvalue weighted by Crippen LogP contribution is -2.17. The summed E-state index contributed by atoms with van der Waals surface area (Å²) in [5, 5.41) is 8.03. The van der Waals surface area contributed by atoms with Crippen molar-refractivity contribution in [2.45, 2.75) is 38.5 Å². The first kappa shape index (κ1) is 19.4. The Kier molecular flexibility index (Phi) is 5.49. The van der Waals surface area contributed by atoms with Gasteiger partial charge in [-0.2, -0.15) is 0 Å². The highest BCUT2D eigenvalue weighted by Crippen LogP contribution is 2.47. The third-order valence-corrected chi connectivity index (χ3v) is 5.20. The molecule has 0 radical (unpaired) electrons. The Morgan fingerprint density at radius 3 is 2.59 bits per heavy atom. The van der Waals surface area contributed by atoms with Gasteiger partial charge in [-0.3, -0.25) is 4.79 Å². The Bertz CT molecular complexity index is 1040. The van der Waals surface area contributed by atoms with Crippen molar-refractivity contribution in [2.75, 3.05) is 0 Å². The first-order valence-electron chi connectivity index (χ1n) is 9.60. The number of benzene rings is 2. The lowest BCUT2D eigenvalue weighted by Gasteiger charge is -2.16. The molecule has 1 heterocycles. The molecule has 1 fully saturated rings. The molecule has 0 saturated heterocycles. The maximum absolute atomic E-state index is 12.7. The molecule has 5 nitrogen and oxygen atoms in total. The van der Waals surface area contributed by atoms with Crippen LogP contribution in [0, 0.1) is 6.92 Å². The molecule has 0 amide bonds. The first-order chi connectivity index (χ1) is 14.0. The third-order valence-electron chi connectivity index (χ3n) is 5.02. The van der Waals surface area contributed by atoms with Crippen molar-refractivity contribution in [1.82, 2.24) is 10.2 Å². The fourth-order valence-electron chi connectivity index (χ4n) is 3.19. The SMILES string of the molecule is Cc1cccc(C2CC2)c1Oc1nnc(Cl)cc1OC(=O)[C@@H](C)c1ccccc1. The number of rotatable bonds is 6. The first-order valence-corrected chi connectivity index (χ1v) is 9.98. The smallest absolute Gasteiger partial charge is 0.318 e. The minimum Gasteiger partial charge on any atom is -0.434 e. The van der Waals surface area contributed by atoms with Gasteiger partial charge in [0.25, 0.3) is 5.88 Å². The third kappa shape index (κ3) is 4.40. The highest BCUT2D eigenvalue weighted by Gasteiger charge is 2.29. The average Bonchev–Trinajstić information content (AvgIpc) is 3.56. The maximum atomic E-state index is 12.7. The molecule has 1 aliphatic rings. The van der Waals surface area contributed by atoms with Gasteiger partial charge < -0.3 is 9.47 Å². The molecule has 0 unspecified atom stereocenters. The van der Waals surface area contributed by atoms with E-state index in [0.29, 0.717) is 5.92 Å². The summed E-state index contributed by atoms with van der Waals surface area (Å²) in [4.78, 5) is 12.7. The number of carbonyl (C=O) groups is 1. The number of aryl methyl sites for hydroxylation is 1. The zero-order chi connectivity index (χ0) is 20.4. The molecule has 148 valence electrons. The van der Waals surface area contributed by atoms with Crippen LogP contribution in [0.3, 0.4) is 0 Å². The van der Waals surface area contributed by atoms with Crippen molar-refractivity contribution >= 4 is 17.6 Å². The molecule has 1 atom stereocenters. The summed E-state index contributed by atoms with van der Waals surface area (Å²) in [6.45, 7) is 3.77. The van der Waals surface area contributed by atoms with Gasteiger partial charge in [-0.15, -0.1) is 10.2 Å². The van der Waals surface area contributed by atoms with E-state index in [1.54, 1.807) is 6.92 Å². The normalized spacial score (nSPS) is 14.3. The highest BCUT2D eigenvalue weighted by atomic mass is 35.5. The van der Waals surface area contributed by atoms with Crippen molar-refractivity contribution in [3.05, 3.63) is 76.4 Å². The Labute approximate surface area is 174 Å². The minimum absolute atomic E-state index is 0.124. The Balaban J connectivity index is 1.61. The van der Waals surface area contributed by atoms with Gasteiger partial charge in [-0.05, 0) is 49.3 Å². The monoisotopic (exact) mass is 408 g/mol. The van der Waals surface area contributed by atoms with Crippen molar-refractivity contribution in [3.63, 3.8) is 0 Å². The predicted octanol–water partition coefficient (Wildman–Crippen LogP) is 5.82. The quantitative estimate of drug-likeness (QED) is 0.481. The molecule has 6 heteroatoms. The highest BCUT2D eigenvalue weighted by molar-refractivity contribution is 6.29. The van der Waals surface area contributed by atoms with Crippen LogP contribution >= 0.6 is 11.6 Å². The zero-order valence-corrected chi connectivity index (χ0v) is 17.0. The molecule has 0 N–H and O–H groups in total. The van der Waals surface area contributed by atoms with Crippen LogP contribution in [-0.4, -0.2) is 16.2 Å². The number of ether oxygens (including phenoxy) is 2. The van der Waals surface area contributed by atoms with Crippen LogP contribution in [0.25, 0.3) is 0 Å². The average molecular weight is 409 g/mol. The van der Waals surface area contributed by atoms with E-state index in [1.807, 2.05) is 49.4 Å². The summed E-state index contributed by atoms with van der Waals surface area (Å²) in [7, 11) is 0.